The molecule has 0 saturated heterocycles. The second kappa shape index (κ2) is 4.55. The molecule has 2 rings (SSSR count). The molecule has 0 atom stereocenters. The highest BCUT2D eigenvalue weighted by Crippen LogP contribution is 2.29. The van der Waals surface area contributed by atoms with Gasteiger partial charge in [0.25, 0.3) is 0 Å². The van der Waals surface area contributed by atoms with Crippen LogP contribution >= 0.6 is 0 Å². The molecule has 1 aromatic carbocycles. The fourth-order valence-electron chi connectivity index (χ4n) is 2.02. The molecular weight excluding hydrogens is 218 g/mol. The predicted octanol–water partition coefficient (Wildman–Crippen LogP) is 0.634. The monoisotopic (exact) mass is 233 g/mol. The largest absolute Gasteiger partial charge is 0.340 e. The Kier molecular flexibility index (Phi) is 3.10. The summed E-state index contributed by atoms with van der Waals surface area (Å²) in [6.07, 6.45) is 0.292. The van der Waals surface area contributed by atoms with Crippen molar-refractivity contribution in [3.8, 4) is 0 Å². The summed E-state index contributed by atoms with van der Waals surface area (Å²) in [5, 5.41) is 5.53. The maximum absolute atomic E-state index is 11.8. The van der Waals surface area contributed by atoms with E-state index in [1.165, 1.54) is 11.9 Å². The second-order valence-corrected chi connectivity index (χ2v) is 3.95. The zero-order valence-corrected chi connectivity index (χ0v) is 9.91. The Morgan fingerprint density at radius 2 is 2.18 bits per heavy atom. The smallest absolute Gasteiger partial charge is 0.328 e. The first-order valence-corrected chi connectivity index (χ1v) is 5.48. The number of rotatable bonds is 2. The van der Waals surface area contributed by atoms with Crippen LogP contribution < -0.4 is 15.5 Å². The van der Waals surface area contributed by atoms with Crippen LogP contribution in [0.4, 0.5) is 10.5 Å². The third-order valence-corrected chi connectivity index (χ3v) is 2.77. The summed E-state index contributed by atoms with van der Waals surface area (Å²) in [5.41, 5.74) is 2.71. The fraction of sp³-hybridized carbons (Fsp3) is 0.333. The Morgan fingerprint density at radius 1 is 1.41 bits per heavy atom. The van der Waals surface area contributed by atoms with Crippen LogP contribution in [0.25, 0.3) is 0 Å². The van der Waals surface area contributed by atoms with Crippen molar-refractivity contribution >= 4 is 17.6 Å². The lowest BCUT2D eigenvalue weighted by molar-refractivity contribution is -0.116. The predicted molar refractivity (Wildman–Crippen MR) is 64.9 cm³/mol. The molecule has 5 nitrogen and oxygen atoms in total. The highest BCUT2D eigenvalue weighted by molar-refractivity contribution is 6.18. The quantitative estimate of drug-likeness (QED) is 0.787. The molecule has 90 valence electrons. The molecule has 1 aliphatic heterocycles. The van der Waals surface area contributed by atoms with E-state index in [0.29, 0.717) is 12.1 Å². The maximum atomic E-state index is 11.8. The van der Waals surface area contributed by atoms with E-state index in [9.17, 15) is 9.59 Å². The first-order valence-electron chi connectivity index (χ1n) is 5.48. The Balaban J connectivity index is 2.35. The van der Waals surface area contributed by atoms with E-state index in [-0.39, 0.29) is 11.9 Å². The lowest BCUT2D eigenvalue weighted by Crippen LogP contribution is -2.40. The van der Waals surface area contributed by atoms with Crippen LogP contribution in [0.5, 0.6) is 0 Å². The molecule has 1 aliphatic rings. The second-order valence-electron chi connectivity index (χ2n) is 3.95. The molecule has 0 aromatic heterocycles. The number of hydrogen-bond acceptors (Lipinski definition) is 3. The highest BCUT2D eigenvalue weighted by Gasteiger charge is 2.31. The number of carbonyl (C=O) groups excluding carboxylic acids is 2. The summed E-state index contributed by atoms with van der Waals surface area (Å²) in [5.74, 6) is -0.180. The van der Waals surface area contributed by atoms with Gasteiger partial charge < -0.3 is 10.6 Å². The minimum atomic E-state index is -0.380. The van der Waals surface area contributed by atoms with Gasteiger partial charge in [0, 0.05) is 13.6 Å². The van der Waals surface area contributed by atoms with Crippen LogP contribution in [0, 0.1) is 0 Å². The molecule has 2 N–H and O–H groups in total. The van der Waals surface area contributed by atoms with E-state index in [1.54, 1.807) is 0 Å². The van der Waals surface area contributed by atoms with E-state index < -0.39 is 0 Å². The molecule has 5 heteroatoms. The van der Waals surface area contributed by atoms with Crippen LogP contribution in [0.2, 0.25) is 0 Å². The normalized spacial score (nSPS) is 13.8. The number of nitrogens with one attached hydrogen (secondary N) is 2. The zero-order chi connectivity index (χ0) is 12.4. The zero-order valence-electron chi connectivity index (χ0n) is 9.91. The van der Waals surface area contributed by atoms with Crippen molar-refractivity contribution in [1.82, 2.24) is 10.6 Å². The number of nitrogens with zero attached hydrogens (tertiary/aromatic N) is 1. The van der Waals surface area contributed by atoms with Gasteiger partial charge in [0.2, 0.25) is 5.91 Å². The Labute approximate surface area is 99.8 Å². The molecule has 0 fully saturated rings. The number of benzene rings is 1. The number of hydrogen-bond donors (Lipinski definition) is 2. The average molecular weight is 233 g/mol. The van der Waals surface area contributed by atoms with E-state index in [0.717, 1.165) is 17.7 Å². The number of amides is 3. The van der Waals surface area contributed by atoms with E-state index in [2.05, 4.69) is 10.6 Å². The van der Waals surface area contributed by atoms with E-state index >= 15 is 0 Å². The van der Waals surface area contributed by atoms with Crippen LogP contribution in [0.3, 0.4) is 0 Å². The van der Waals surface area contributed by atoms with Crippen LogP contribution in [-0.4, -0.2) is 26.0 Å². The van der Waals surface area contributed by atoms with Gasteiger partial charge in [-0.15, -0.1) is 0 Å². The average Bonchev–Trinajstić information content (AvgIpc) is 2.64. The summed E-state index contributed by atoms with van der Waals surface area (Å²) in [6, 6.07) is 5.33. The van der Waals surface area contributed by atoms with Crippen molar-refractivity contribution in [2.75, 3.05) is 19.0 Å². The lowest BCUT2D eigenvalue weighted by atomic mass is 10.1. The third-order valence-electron chi connectivity index (χ3n) is 2.77. The number of fused-ring (bicyclic) bond motifs is 1. The number of carbonyl (C=O) groups is 2. The Hall–Kier alpha value is -1.88. The first-order chi connectivity index (χ1) is 8.17. The summed E-state index contributed by atoms with van der Waals surface area (Å²) >= 11 is 0. The minimum Gasteiger partial charge on any atom is -0.340 e. The van der Waals surface area contributed by atoms with Gasteiger partial charge in [-0.2, -0.15) is 0 Å². The van der Waals surface area contributed by atoms with Crippen molar-refractivity contribution < 1.29 is 9.59 Å². The summed E-state index contributed by atoms with van der Waals surface area (Å²) in [7, 11) is 3.39. The number of anilines is 1. The molecule has 0 bridgehead atoms. The molecule has 0 unspecified atom stereocenters. The molecular formula is C12H15N3O2. The fourth-order valence-corrected chi connectivity index (χ4v) is 2.02. The number of urea groups is 1. The third kappa shape index (κ3) is 2.01. The van der Waals surface area contributed by atoms with Crippen molar-refractivity contribution in [3.05, 3.63) is 29.3 Å². The van der Waals surface area contributed by atoms with Crippen LogP contribution in [-0.2, 0) is 17.8 Å². The number of imide groups is 1. The Morgan fingerprint density at radius 3 is 2.82 bits per heavy atom. The SMILES string of the molecule is CNCc1ccc2c(c1)CC(=O)N2C(=O)NC. The molecule has 17 heavy (non-hydrogen) atoms. The Bertz CT molecular complexity index is 471. The van der Waals surface area contributed by atoms with Crippen LogP contribution in [0.15, 0.2) is 18.2 Å². The molecule has 0 spiro atoms. The molecule has 0 aliphatic carbocycles. The molecule has 3 amide bonds. The van der Waals surface area contributed by atoms with Gasteiger partial charge in [-0.3, -0.25) is 4.79 Å². The maximum Gasteiger partial charge on any atom is 0.328 e. The molecule has 1 heterocycles. The van der Waals surface area contributed by atoms with Gasteiger partial charge in [-0.05, 0) is 24.2 Å². The van der Waals surface area contributed by atoms with Crippen molar-refractivity contribution in [2.45, 2.75) is 13.0 Å². The van der Waals surface area contributed by atoms with Crippen molar-refractivity contribution in [1.29, 1.82) is 0 Å². The van der Waals surface area contributed by atoms with Gasteiger partial charge in [0.05, 0.1) is 12.1 Å². The van der Waals surface area contributed by atoms with Crippen molar-refractivity contribution in [3.63, 3.8) is 0 Å². The van der Waals surface area contributed by atoms with E-state index in [4.69, 9.17) is 0 Å². The highest BCUT2D eigenvalue weighted by atomic mass is 16.2. The van der Waals surface area contributed by atoms with Crippen molar-refractivity contribution in [2.24, 2.45) is 0 Å². The summed E-state index contributed by atoms with van der Waals surface area (Å²) in [6.45, 7) is 0.751. The first kappa shape index (κ1) is 11.6. The van der Waals surface area contributed by atoms with Gasteiger partial charge >= 0.3 is 6.03 Å². The summed E-state index contributed by atoms with van der Waals surface area (Å²) in [4.78, 5) is 24.5. The van der Waals surface area contributed by atoms with E-state index in [1.807, 2.05) is 25.2 Å². The molecule has 0 saturated carbocycles. The van der Waals surface area contributed by atoms with Crippen LogP contribution in [0.1, 0.15) is 11.1 Å². The minimum absolute atomic E-state index is 0.180. The molecule has 1 aromatic rings. The topological polar surface area (TPSA) is 61.4 Å². The summed E-state index contributed by atoms with van der Waals surface area (Å²) < 4.78 is 0. The van der Waals surface area contributed by atoms with Gasteiger partial charge in [-0.25, -0.2) is 9.69 Å². The standard InChI is InChI=1S/C12H15N3O2/c1-13-7-8-3-4-10-9(5-8)6-11(16)15(10)12(17)14-2/h3-5,13H,6-7H2,1-2H3,(H,14,17). The van der Waals surface area contributed by atoms with Gasteiger partial charge in [0.15, 0.2) is 0 Å². The molecule has 0 radical (unpaired) electrons. The van der Waals surface area contributed by atoms with Gasteiger partial charge in [0.1, 0.15) is 0 Å². The lowest BCUT2D eigenvalue weighted by Gasteiger charge is -2.14. The van der Waals surface area contributed by atoms with Gasteiger partial charge in [-0.1, -0.05) is 12.1 Å².